The molecule has 0 aliphatic carbocycles. The Kier molecular flexibility index (Phi) is 2.27. The molecular formula is C8H13N3O2S2. The summed E-state index contributed by atoms with van der Waals surface area (Å²) in [4.78, 5) is 0. The van der Waals surface area contributed by atoms with E-state index in [-0.39, 0.29) is 11.5 Å². The van der Waals surface area contributed by atoms with Crippen molar-refractivity contribution in [1.82, 2.24) is 14.8 Å². The van der Waals surface area contributed by atoms with Crippen LogP contribution in [0.15, 0.2) is 0 Å². The summed E-state index contributed by atoms with van der Waals surface area (Å²) < 4.78 is 25.3. The SMILES string of the molecule is Cc1n[nH]c(=S)n1C1(C)CCS(=O)(=O)C1. The van der Waals surface area contributed by atoms with Gasteiger partial charge >= 0.3 is 0 Å². The summed E-state index contributed by atoms with van der Waals surface area (Å²) in [5.74, 6) is 1.12. The number of sulfone groups is 1. The van der Waals surface area contributed by atoms with Crippen molar-refractivity contribution >= 4 is 22.1 Å². The number of aromatic nitrogens is 3. The summed E-state index contributed by atoms with van der Waals surface area (Å²) >= 11 is 5.11. The van der Waals surface area contributed by atoms with Gasteiger partial charge < -0.3 is 0 Å². The Balaban J connectivity index is 2.53. The maximum absolute atomic E-state index is 11.5. The van der Waals surface area contributed by atoms with Gasteiger partial charge in [-0.15, -0.1) is 0 Å². The van der Waals surface area contributed by atoms with E-state index in [1.807, 2.05) is 18.4 Å². The van der Waals surface area contributed by atoms with E-state index in [9.17, 15) is 8.42 Å². The zero-order valence-corrected chi connectivity index (χ0v) is 10.3. The number of nitrogens with zero attached hydrogens (tertiary/aromatic N) is 2. The van der Waals surface area contributed by atoms with Crippen LogP contribution in [-0.2, 0) is 15.4 Å². The van der Waals surface area contributed by atoms with Crippen LogP contribution in [0.1, 0.15) is 19.2 Å². The van der Waals surface area contributed by atoms with Gasteiger partial charge in [0.2, 0.25) is 0 Å². The lowest BCUT2D eigenvalue weighted by molar-refractivity contribution is 0.353. The zero-order valence-electron chi connectivity index (χ0n) is 8.65. The molecule has 0 radical (unpaired) electrons. The number of H-pyrrole nitrogens is 1. The minimum atomic E-state index is -2.92. The van der Waals surface area contributed by atoms with Crippen LogP contribution in [-0.4, -0.2) is 34.7 Å². The Labute approximate surface area is 93.4 Å². The maximum atomic E-state index is 11.5. The zero-order chi connectivity index (χ0) is 11.3. The molecule has 84 valence electrons. The van der Waals surface area contributed by atoms with Gasteiger partial charge in [-0.25, -0.2) is 8.42 Å². The molecule has 5 nitrogen and oxygen atoms in total. The van der Waals surface area contributed by atoms with Gasteiger partial charge in [-0.3, -0.25) is 9.67 Å². The van der Waals surface area contributed by atoms with Crippen molar-refractivity contribution in [1.29, 1.82) is 0 Å². The van der Waals surface area contributed by atoms with Crippen molar-refractivity contribution < 1.29 is 8.42 Å². The van der Waals surface area contributed by atoms with Crippen molar-refractivity contribution in [2.24, 2.45) is 0 Å². The fourth-order valence-corrected chi connectivity index (χ4v) is 4.70. The van der Waals surface area contributed by atoms with Crippen LogP contribution < -0.4 is 0 Å². The number of hydrogen-bond acceptors (Lipinski definition) is 4. The first kappa shape index (κ1) is 10.8. The molecule has 1 saturated heterocycles. The first-order valence-electron chi connectivity index (χ1n) is 4.69. The monoisotopic (exact) mass is 247 g/mol. The fraction of sp³-hybridized carbons (Fsp3) is 0.750. The third kappa shape index (κ3) is 1.74. The Morgan fingerprint density at radius 2 is 2.27 bits per heavy atom. The van der Waals surface area contributed by atoms with Gasteiger partial charge in [-0.1, -0.05) is 0 Å². The molecule has 1 aliphatic rings. The largest absolute Gasteiger partial charge is 0.297 e. The number of hydrogen-bond donors (Lipinski definition) is 1. The predicted molar refractivity (Wildman–Crippen MR) is 59.1 cm³/mol. The standard InChI is InChI=1S/C8H13N3O2S2/c1-6-9-10-7(14)11(6)8(2)3-4-15(12,13)5-8/h3-5H2,1-2H3,(H,10,14). The van der Waals surface area contributed by atoms with Crippen LogP contribution in [0.2, 0.25) is 0 Å². The minimum absolute atomic E-state index is 0.147. The van der Waals surface area contributed by atoms with Crippen LogP contribution in [0.25, 0.3) is 0 Å². The molecule has 0 bridgehead atoms. The van der Waals surface area contributed by atoms with Crippen molar-refractivity contribution in [3.05, 3.63) is 10.6 Å². The second-order valence-corrected chi connectivity index (χ2v) is 6.82. The minimum Gasteiger partial charge on any atom is -0.297 e. The highest BCUT2D eigenvalue weighted by Gasteiger charge is 2.41. The van der Waals surface area contributed by atoms with E-state index in [0.717, 1.165) is 5.82 Å². The Bertz CT molecular complexity index is 542. The highest BCUT2D eigenvalue weighted by Crippen LogP contribution is 2.31. The van der Waals surface area contributed by atoms with Crippen molar-refractivity contribution in [2.45, 2.75) is 25.8 Å². The van der Waals surface area contributed by atoms with Crippen LogP contribution in [0.5, 0.6) is 0 Å². The molecule has 2 rings (SSSR count). The third-order valence-corrected chi connectivity index (χ3v) is 5.02. The molecule has 1 atom stereocenters. The quantitative estimate of drug-likeness (QED) is 0.745. The van der Waals surface area contributed by atoms with E-state index in [1.54, 1.807) is 0 Å². The molecule has 1 fully saturated rings. The topological polar surface area (TPSA) is 67.8 Å². The molecule has 1 aromatic rings. The summed E-state index contributed by atoms with van der Waals surface area (Å²) in [5.41, 5.74) is -0.438. The molecule has 7 heteroatoms. The van der Waals surface area contributed by atoms with Crippen LogP contribution in [0.4, 0.5) is 0 Å². The molecular weight excluding hydrogens is 234 g/mol. The van der Waals surface area contributed by atoms with Gasteiger partial charge in [-0.2, -0.15) is 5.10 Å². The highest BCUT2D eigenvalue weighted by molar-refractivity contribution is 7.91. The second kappa shape index (κ2) is 3.15. The normalized spacial score (nSPS) is 29.5. The Morgan fingerprint density at radius 3 is 2.67 bits per heavy atom. The number of nitrogens with one attached hydrogen (secondary N) is 1. The summed E-state index contributed by atoms with van der Waals surface area (Å²) in [6.45, 7) is 3.73. The summed E-state index contributed by atoms with van der Waals surface area (Å²) in [6.07, 6.45) is 0.601. The van der Waals surface area contributed by atoms with E-state index >= 15 is 0 Å². The lowest BCUT2D eigenvalue weighted by Crippen LogP contribution is -2.32. The van der Waals surface area contributed by atoms with E-state index in [1.165, 1.54) is 0 Å². The molecule has 15 heavy (non-hydrogen) atoms. The smallest absolute Gasteiger partial charge is 0.195 e. The van der Waals surface area contributed by atoms with Crippen LogP contribution in [0, 0.1) is 11.7 Å². The maximum Gasteiger partial charge on any atom is 0.195 e. The van der Waals surface area contributed by atoms with Crippen molar-refractivity contribution in [3.63, 3.8) is 0 Å². The lowest BCUT2D eigenvalue weighted by atomic mass is 10.0. The molecule has 1 aromatic heterocycles. The molecule has 0 spiro atoms. The van der Waals surface area contributed by atoms with Crippen molar-refractivity contribution in [2.75, 3.05) is 11.5 Å². The van der Waals surface area contributed by atoms with Gasteiger partial charge in [-0.05, 0) is 32.5 Å². The van der Waals surface area contributed by atoms with E-state index < -0.39 is 15.4 Å². The summed E-state index contributed by atoms with van der Waals surface area (Å²) in [7, 11) is -2.92. The van der Waals surface area contributed by atoms with E-state index in [2.05, 4.69) is 10.2 Å². The highest BCUT2D eigenvalue weighted by atomic mass is 32.2. The van der Waals surface area contributed by atoms with Crippen LogP contribution >= 0.6 is 12.2 Å². The first-order chi connectivity index (χ1) is 6.84. The Hall–Kier alpha value is -0.690. The molecule has 0 saturated carbocycles. The van der Waals surface area contributed by atoms with Gasteiger partial charge in [0.05, 0.1) is 17.0 Å². The average molecular weight is 247 g/mol. The lowest BCUT2D eigenvalue weighted by Gasteiger charge is -2.24. The van der Waals surface area contributed by atoms with Gasteiger partial charge in [0.1, 0.15) is 5.82 Å². The molecule has 1 N–H and O–H groups in total. The van der Waals surface area contributed by atoms with Gasteiger partial charge in [0.15, 0.2) is 14.6 Å². The third-order valence-electron chi connectivity index (χ3n) is 2.86. The first-order valence-corrected chi connectivity index (χ1v) is 6.92. The Morgan fingerprint density at radius 1 is 1.60 bits per heavy atom. The molecule has 1 unspecified atom stereocenters. The number of aromatic amines is 1. The molecule has 0 amide bonds. The summed E-state index contributed by atoms with van der Waals surface area (Å²) in [5, 5.41) is 6.69. The number of rotatable bonds is 1. The number of aryl methyl sites for hydroxylation is 1. The average Bonchev–Trinajstić information content (AvgIpc) is 2.55. The molecule has 1 aliphatic heterocycles. The fourth-order valence-electron chi connectivity index (χ4n) is 2.18. The van der Waals surface area contributed by atoms with Gasteiger partial charge in [0, 0.05) is 0 Å². The van der Waals surface area contributed by atoms with Gasteiger partial charge in [0.25, 0.3) is 0 Å². The van der Waals surface area contributed by atoms with E-state index in [0.29, 0.717) is 11.2 Å². The van der Waals surface area contributed by atoms with Crippen molar-refractivity contribution in [3.8, 4) is 0 Å². The predicted octanol–water partition coefficient (Wildman–Crippen LogP) is 0.783. The molecule has 0 aromatic carbocycles. The molecule has 2 heterocycles. The van der Waals surface area contributed by atoms with Crippen LogP contribution in [0.3, 0.4) is 0 Å². The summed E-state index contributed by atoms with van der Waals surface area (Å²) in [6, 6.07) is 0. The second-order valence-electron chi connectivity index (χ2n) is 4.25. The van der Waals surface area contributed by atoms with E-state index in [4.69, 9.17) is 12.2 Å².